The van der Waals surface area contributed by atoms with Gasteiger partial charge in [0.25, 0.3) is 0 Å². The Morgan fingerprint density at radius 1 is 1.00 bits per heavy atom. The maximum atomic E-state index is 5.35. The predicted molar refractivity (Wildman–Crippen MR) is 102 cm³/mol. The molecule has 0 aliphatic rings. The number of nitrogens with zero attached hydrogens (tertiary/aromatic N) is 2. The highest BCUT2D eigenvalue weighted by Crippen LogP contribution is 2.24. The molecule has 0 fully saturated rings. The van der Waals surface area contributed by atoms with Crippen LogP contribution < -0.4 is 14.9 Å². The number of benzene rings is 2. The number of fused-ring (bicyclic) bond motifs is 1. The molecule has 0 saturated heterocycles. The minimum atomic E-state index is 0.706. The average molecular weight is 335 g/mol. The number of methoxy groups -OCH3 is 2. The molecular formula is C20H21N3O2. The summed E-state index contributed by atoms with van der Waals surface area (Å²) >= 11 is 0. The standard InChI is InChI=1S/C20H21N3O2/c1-13-6-5-7-17-14(2)10-19(22-20(13)17)23-21-12-15-11-16(24-3)8-9-18(15)25-4/h5-12H,1-4H3,(H,22,23). The number of nitrogens with one attached hydrogen (secondary N) is 1. The largest absolute Gasteiger partial charge is 0.497 e. The fourth-order valence-electron chi connectivity index (χ4n) is 2.73. The van der Waals surface area contributed by atoms with Crippen molar-refractivity contribution in [3.05, 3.63) is 59.2 Å². The van der Waals surface area contributed by atoms with Crippen LogP contribution in [-0.4, -0.2) is 25.4 Å². The minimum Gasteiger partial charge on any atom is -0.497 e. The Balaban J connectivity index is 1.88. The Hall–Kier alpha value is -3.08. The molecule has 128 valence electrons. The molecule has 0 atom stereocenters. The average Bonchev–Trinajstić information content (AvgIpc) is 2.62. The molecule has 0 radical (unpaired) electrons. The van der Waals surface area contributed by atoms with Gasteiger partial charge in [0, 0.05) is 10.9 Å². The maximum absolute atomic E-state index is 5.35. The summed E-state index contributed by atoms with van der Waals surface area (Å²) < 4.78 is 10.6. The van der Waals surface area contributed by atoms with Crippen LogP contribution in [0.2, 0.25) is 0 Å². The molecule has 0 unspecified atom stereocenters. The van der Waals surface area contributed by atoms with Gasteiger partial charge in [-0.25, -0.2) is 4.98 Å². The molecule has 1 heterocycles. The number of aromatic nitrogens is 1. The lowest BCUT2D eigenvalue weighted by molar-refractivity contribution is 0.402. The van der Waals surface area contributed by atoms with E-state index in [1.165, 1.54) is 0 Å². The van der Waals surface area contributed by atoms with E-state index in [0.29, 0.717) is 5.82 Å². The van der Waals surface area contributed by atoms with E-state index in [0.717, 1.165) is 39.1 Å². The van der Waals surface area contributed by atoms with Crippen molar-refractivity contribution in [2.45, 2.75) is 13.8 Å². The molecule has 1 N–H and O–H groups in total. The van der Waals surface area contributed by atoms with Crippen LogP contribution in [0.15, 0.2) is 47.6 Å². The maximum Gasteiger partial charge on any atom is 0.147 e. The van der Waals surface area contributed by atoms with Gasteiger partial charge in [0.1, 0.15) is 17.3 Å². The van der Waals surface area contributed by atoms with Gasteiger partial charge in [-0.2, -0.15) is 5.10 Å². The summed E-state index contributed by atoms with van der Waals surface area (Å²) in [5, 5.41) is 5.46. The topological polar surface area (TPSA) is 55.7 Å². The molecule has 0 bridgehead atoms. The van der Waals surface area contributed by atoms with E-state index in [-0.39, 0.29) is 0 Å². The molecule has 0 amide bonds. The van der Waals surface area contributed by atoms with Crippen LogP contribution in [0, 0.1) is 13.8 Å². The number of hydrazone groups is 1. The highest BCUT2D eigenvalue weighted by molar-refractivity contribution is 5.87. The van der Waals surface area contributed by atoms with E-state index in [2.05, 4.69) is 41.5 Å². The number of hydrogen-bond donors (Lipinski definition) is 1. The van der Waals surface area contributed by atoms with Gasteiger partial charge in [-0.05, 0) is 49.2 Å². The fraction of sp³-hybridized carbons (Fsp3) is 0.200. The SMILES string of the molecule is COc1ccc(OC)c(C=NNc2cc(C)c3cccc(C)c3n2)c1. The van der Waals surface area contributed by atoms with Crippen LogP contribution in [0.3, 0.4) is 0 Å². The van der Waals surface area contributed by atoms with Crippen LogP contribution in [-0.2, 0) is 0 Å². The van der Waals surface area contributed by atoms with Crippen LogP contribution in [0.1, 0.15) is 16.7 Å². The third-order valence-corrected chi connectivity index (χ3v) is 4.07. The van der Waals surface area contributed by atoms with Crippen LogP contribution in [0.5, 0.6) is 11.5 Å². The van der Waals surface area contributed by atoms with E-state index in [1.54, 1.807) is 20.4 Å². The second-order valence-corrected chi connectivity index (χ2v) is 5.77. The number of hydrogen-bond acceptors (Lipinski definition) is 5. The zero-order chi connectivity index (χ0) is 17.8. The Bertz CT molecular complexity index is 936. The van der Waals surface area contributed by atoms with Gasteiger partial charge in [0.15, 0.2) is 0 Å². The first kappa shape index (κ1) is 16.8. The Morgan fingerprint density at radius 3 is 2.60 bits per heavy atom. The van der Waals surface area contributed by atoms with Crippen molar-refractivity contribution >= 4 is 22.9 Å². The van der Waals surface area contributed by atoms with Gasteiger partial charge < -0.3 is 9.47 Å². The highest BCUT2D eigenvalue weighted by atomic mass is 16.5. The van der Waals surface area contributed by atoms with Gasteiger partial charge in [-0.1, -0.05) is 18.2 Å². The summed E-state index contributed by atoms with van der Waals surface area (Å²) in [5.74, 6) is 2.18. The minimum absolute atomic E-state index is 0.706. The molecule has 0 aliphatic carbocycles. The lowest BCUT2D eigenvalue weighted by atomic mass is 10.1. The van der Waals surface area contributed by atoms with Crippen LogP contribution in [0.4, 0.5) is 5.82 Å². The predicted octanol–water partition coefficient (Wildman–Crippen LogP) is 4.31. The van der Waals surface area contributed by atoms with Crippen molar-refractivity contribution < 1.29 is 9.47 Å². The van der Waals surface area contributed by atoms with E-state index < -0.39 is 0 Å². The van der Waals surface area contributed by atoms with Crippen molar-refractivity contribution in [1.29, 1.82) is 0 Å². The molecule has 3 rings (SSSR count). The van der Waals surface area contributed by atoms with Crippen LogP contribution >= 0.6 is 0 Å². The van der Waals surface area contributed by atoms with Gasteiger partial charge in [-0.3, -0.25) is 5.43 Å². The van der Waals surface area contributed by atoms with Gasteiger partial charge in [-0.15, -0.1) is 0 Å². The molecular weight excluding hydrogens is 314 g/mol. The van der Waals surface area contributed by atoms with Crippen LogP contribution in [0.25, 0.3) is 10.9 Å². The zero-order valence-electron chi connectivity index (χ0n) is 14.8. The third kappa shape index (κ3) is 3.55. The smallest absolute Gasteiger partial charge is 0.147 e. The van der Waals surface area contributed by atoms with Gasteiger partial charge >= 0.3 is 0 Å². The third-order valence-electron chi connectivity index (χ3n) is 4.07. The molecule has 2 aromatic carbocycles. The number of ether oxygens (including phenoxy) is 2. The number of rotatable bonds is 5. The van der Waals surface area contributed by atoms with Gasteiger partial charge in [0.2, 0.25) is 0 Å². The van der Waals surface area contributed by atoms with Crippen molar-refractivity contribution in [3.63, 3.8) is 0 Å². The first-order valence-electron chi connectivity index (χ1n) is 8.00. The van der Waals surface area contributed by atoms with E-state index in [1.807, 2.05) is 30.3 Å². The molecule has 0 saturated carbocycles. The Labute approximate surface area is 147 Å². The molecule has 3 aromatic rings. The first-order valence-corrected chi connectivity index (χ1v) is 8.00. The van der Waals surface area contributed by atoms with Crippen molar-refractivity contribution in [2.75, 3.05) is 19.6 Å². The number of pyridine rings is 1. The quantitative estimate of drug-likeness (QED) is 0.557. The lowest BCUT2D eigenvalue weighted by Gasteiger charge is -2.08. The van der Waals surface area contributed by atoms with E-state index in [9.17, 15) is 0 Å². The number of para-hydroxylation sites is 1. The molecule has 25 heavy (non-hydrogen) atoms. The molecule has 0 spiro atoms. The summed E-state index contributed by atoms with van der Waals surface area (Å²) in [6.07, 6.45) is 1.69. The van der Waals surface area contributed by atoms with Gasteiger partial charge in [0.05, 0.1) is 26.0 Å². The first-order chi connectivity index (χ1) is 12.1. The summed E-state index contributed by atoms with van der Waals surface area (Å²) in [4.78, 5) is 4.66. The molecule has 5 heteroatoms. The zero-order valence-corrected chi connectivity index (χ0v) is 14.8. The fourth-order valence-corrected chi connectivity index (χ4v) is 2.73. The highest BCUT2D eigenvalue weighted by Gasteiger charge is 2.05. The molecule has 0 aliphatic heterocycles. The lowest BCUT2D eigenvalue weighted by Crippen LogP contribution is -1.98. The normalized spacial score (nSPS) is 11.0. The second kappa shape index (κ2) is 7.21. The van der Waals surface area contributed by atoms with Crippen molar-refractivity contribution in [3.8, 4) is 11.5 Å². The van der Waals surface area contributed by atoms with E-state index in [4.69, 9.17) is 9.47 Å². The van der Waals surface area contributed by atoms with Crippen molar-refractivity contribution in [2.24, 2.45) is 5.10 Å². The second-order valence-electron chi connectivity index (χ2n) is 5.77. The summed E-state index contributed by atoms with van der Waals surface area (Å²) in [7, 11) is 3.26. The molecule has 1 aromatic heterocycles. The summed E-state index contributed by atoms with van der Waals surface area (Å²) in [5.41, 5.74) is 7.11. The monoisotopic (exact) mass is 335 g/mol. The van der Waals surface area contributed by atoms with E-state index >= 15 is 0 Å². The number of anilines is 1. The summed E-state index contributed by atoms with van der Waals surface area (Å²) in [6, 6.07) is 13.7. The van der Waals surface area contributed by atoms with Crippen molar-refractivity contribution in [1.82, 2.24) is 4.98 Å². The Morgan fingerprint density at radius 2 is 1.84 bits per heavy atom. The summed E-state index contributed by atoms with van der Waals surface area (Å²) in [6.45, 7) is 4.13. The Kier molecular flexibility index (Phi) is 4.84. The number of aryl methyl sites for hydroxylation is 2. The molecule has 5 nitrogen and oxygen atoms in total.